The van der Waals surface area contributed by atoms with Gasteiger partial charge < -0.3 is 5.73 Å². The predicted molar refractivity (Wildman–Crippen MR) is 49.7 cm³/mol. The van der Waals surface area contributed by atoms with E-state index in [0.29, 0.717) is 0 Å². The molecule has 1 rings (SSSR count). The molecule has 1 atom stereocenters. The largest absolute Gasteiger partial charge is 0.320 e. The molecule has 3 nitrogen and oxygen atoms in total. The standard InChI is InChI=1S/C9H15N3/c1-6(2)9(10)8-5-12(4)11-7(8)3/h5,9H,1,10H2,2-4H3. The van der Waals surface area contributed by atoms with Gasteiger partial charge in [0.05, 0.1) is 11.7 Å². The van der Waals surface area contributed by atoms with Crippen LogP contribution in [0.1, 0.15) is 24.2 Å². The summed E-state index contributed by atoms with van der Waals surface area (Å²) in [6.45, 7) is 7.70. The zero-order chi connectivity index (χ0) is 9.30. The van der Waals surface area contributed by atoms with Gasteiger partial charge in [-0.05, 0) is 13.8 Å². The number of rotatable bonds is 2. The van der Waals surface area contributed by atoms with Gasteiger partial charge in [0.15, 0.2) is 0 Å². The fraction of sp³-hybridized carbons (Fsp3) is 0.444. The molecule has 0 spiro atoms. The maximum atomic E-state index is 5.90. The topological polar surface area (TPSA) is 43.8 Å². The number of aryl methyl sites for hydroxylation is 2. The van der Waals surface area contributed by atoms with Gasteiger partial charge in [0.1, 0.15) is 0 Å². The van der Waals surface area contributed by atoms with Crippen LogP contribution in [0.2, 0.25) is 0 Å². The Morgan fingerprint density at radius 3 is 2.67 bits per heavy atom. The normalized spacial score (nSPS) is 13.0. The molecule has 12 heavy (non-hydrogen) atoms. The minimum absolute atomic E-state index is 0.0845. The average molecular weight is 165 g/mol. The zero-order valence-electron chi connectivity index (χ0n) is 7.83. The van der Waals surface area contributed by atoms with Gasteiger partial charge in [0.25, 0.3) is 0 Å². The van der Waals surface area contributed by atoms with Crippen molar-refractivity contribution in [2.45, 2.75) is 19.9 Å². The first-order valence-corrected chi connectivity index (χ1v) is 3.93. The number of nitrogens with zero attached hydrogens (tertiary/aromatic N) is 2. The predicted octanol–water partition coefficient (Wildman–Crippen LogP) is 1.30. The maximum Gasteiger partial charge on any atom is 0.0644 e. The van der Waals surface area contributed by atoms with Crippen LogP contribution in [0.3, 0.4) is 0 Å². The van der Waals surface area contributed by atoms with E-state index in [-0.39, 0.29) is 6.04 Å². The van der Waals surface area contributed by atoms with E-state index in [1.165, 1.54) is 0 Å². The highest BCUT2D eigenvalue weighted by atomic mass is 15.2. The molecule has 3 heteroatoms. The van der Waals surface area contributed by atoms with Crippen molar-refractivity contribution >= 4 is 0 Å². The molecule has 1 aromatic heterocycles. The Morgan fingerprint density at radius 1 is 1.75 bits per heavy atom. The first-order valence-electron chi connectivity index (χ1n) is 3.93. The van der Waals surface area contributed by atoms with E-state index >= 15 is 0 Å². The van der Waals surface area contributed by atoms with Crippen molar-refractivity contribution in [3.63, 3.8) is 0 Å². The van der Waals surface area contributed by atoms with E-state index in [4.69, 9.17) is 5.73 Å². The Labute approximate surface area is 72.9 Å². The second-order valence-electron chi connectivity index (χ2n) is 3.17. The molecule has 1 heterocycles. The van der Waals surface area contributed by atoms with Crippen LogP contribution in [0.15, 0.2) is 18.3 Å². The zero-order valence-corrected chi connectivity index (χ0v) is 7.83. The molecular weight excluding hydrogens is 150 g/mol. The van der Waals surface area contributed by atoms with Crippen molar-refractivity contribution in [1.82, 2.24) is 9.78 Å². The molecule has 1 aromatic rings. The van der Waals surface area contributed by atoms with Crippen molar-refractivity contribution in [3.05, 3.63) is 29.6 Å². The van der Waals surface area contributed by atoms with Crippen LogP contribution in [0.25, 0.3) is 0 Å². The molecule has 0 aliphatic heterocycles. The van der Waals surface area contributed by atoms with E-state index in [1.807, 2.05) is 27.1 Å². The maximum absolute atomic E-state index is 5.90. The smallest absolute Gasteiger partial charge is 0.0644 e. The third kappa shape index (κ3) is 1.56. The summed E-state index contributed by atoms with van der Waals surface area (Å²) < 4.78 is 1.77. The van der Waals surface area contributed by atoms with Crippen molar-refractivity contribution in [3.8, 4) is 0 Å². The molecule has 0 aromatic carbocycles. The van der Waals surface area contributed by atoms with Gasteiger partial charge >= 0.3 is 0 Å². The molecule has 0 aliphatic rings. The Kier molecular flexibility index (Phi) is 2.33. The van der Waals surface area contributed by atoms with Crippen LogP contribution in [0, 0.1) is 6.92 Å². The minimum Gasteiger partial charge on any atom is -0.320 e. The minimum atomic E-state index is -0.0845. The lowest BCUT2D eigenvalue weighted by molar-refractivity contribution is 0.756. The molecule has 0 fully saturated rings. The van der Waals surface area contributed by atoms with Crippen molar-refractivity contribution in [2.24, 2.45) is 12.8 Å². The van der Waals surface area contributed by atoms with E-state index in [9.17, 15) is 0 Å². The molecule has 0 amide bonds. The molecule has 0 bridgehead atoms. The summed E-state index contributed by atoms with van der Waals surface area (Å²) in [5, 5.41) is 4.21. The molecule has 0 saturated heterocycles. The monoisotopic (exact) mass is 165 g/mol. The van der Waals surface area contributed by atoms with Gasteiger partial charge in [-0.3, -0.25) is 4.68 Å². The highest BCUT2D eigenvalue weighted by Gasteiger charge is 2.11. The quantitative estimate of drug-likeness (QED) is 0.671. The molecule has 0 aliphatic carbocycles. The second kappa shape index (κ2) is 3.11. The lowest BCUT2D eigenvalue weighted by atomic mass is 10.0. The Bertz CT molecular complexity index is 299. The molecule has 0 saturated carbocycles. The number of hydrogen-bond acceptors (Lipinski definition) is 2. The van der Waals surface area contributed by atoms with E-state index in [0.717, 1.165) is 16.8 Å². The second-order valence-corrected chi connectivity index (χ2v) is 3.17. The van der Waals surface area contributed by atoms with Gasteiger partial charge in [-0.25, -0.2) is 0 Å². The Balaban J connectivity index is 3.02. The van der Waals surface area contributed by atoms with Gasteiger partial charge in [-0.1, -0.05) is 12.2 Å². The first-order chi connectivity index (χ1) is 5.52. The average Bonchev–Trinajstić information content (AvgIpc) is 2.28. The highest BCUT2D eigenvalue weighted by molar-refractivity contribution is 5.26. The summed E-state index contributed by atoms with van der Waals surface area (Å²) >= 11 is 0. The summed E-state index contributed by atoms with van der Waals surface area (Å²) in [4.78, 5) is 0. The van der Waals surface area contributed by atoms with Crippen molar-refractivity contribution < 1.29 is 0 Å². The lowest BCUT2D eigenvalue weighted by Gasteiger charge is -2.08. The molecule has 0 radical (unpaired) electrons. The van der Waals surface area contributed by atoms with Crippen LogP contribution >= 0.6 is 0 Å². The van der Waals surface area contributed by atoms with Gasteiger partial charge in [-0.2, -0.15) is 5.10 Å². The van der Waals surface area contributed by atoms with Crippen LogP contribution in [-0.2, 0) is 7.05 Å². The van der Waals surface area contributed by atoms with Crippen LogP contribution < -0.4 is 5.73 Å². The Morgan fingerprint density at radius 2 is 2.33 bits per heavy atom. The van der Waals surface area contributed by atoms with Gasteiger partial charge in [0, 0.05) is 18.8 Å². The van der Waals surface area contributed by atoms with Crippen LogP contribution in [0.4, 0.5) is 0 Å². The summed E-state index contributed by atoms with van der Waals surface area (Å²) in [7, 11) is 1.89. The fourth-order valence-corrected chi connectivity index (χ4v) is 1.19. The summed E-state index contributed by atoms with van der Waals surface area (Å²) in [5.41, 5.74) is 8.90. The van der Waals surface area contributed by atoms with E-state index in [2.05, 4.69) is 11.7 Å². The highest BCUT2D eigenvalue weighted by Crippen LogP contribution is 2.19. The Hall–Kier alpha value is -1.09. The summed E-state index contributed by atoms with van der Waals surface area (Å²) in [6, 6.07) is -0.0845. The van der Waals surface area contributed by atoms with E-state index in [1.54, 1.807) is 4.68 Å². The summed E-state index contributed by atoms with van der Waals surface area (Å²) in [6.07, 6.45) is 1.94. The van der Waals surface area contributed by atoms with E-state index < -0.39 is 0 Å². The van der Waals surface area contributed by atoms with Gasteiger partial charge in [-0.15, -0.1) is 0 Å². The van der Waals surface area contributed by atoms with Crippen LogP contribution in [-0.4, -0.2) is 9.78 Å². The summed E-state index contributed by atoms with van der Waals surface area (Å²) in [5.74, 6) is 0. The molecule has 2 N–H and O–H groups in total. The van der Waals surface area contributed by atoms with Gasteiger partial charge in [0.2, 0.25) is 0 Å². The number of hydrogen-bond donors (Lipinski definition) is 1. The SMILES string of the molecule is C=C(C)C(N)c1cn(C)nc1C. The van der Waals surface area contributed by atoms with Crippen molar-refractivity contribution in [2.75, 3.05) is 0 Å². The lowest BCUT2D eigenvalue weighted by Crippen LogP contribution is -2.11. The van der Waals surface area contributed by atoms with Crippen LogP contribution in [0.5, 0.6) is 0 Å². The third-order valence-corrected chi connectivity index (χ3v) is 1.92. The first kappa shape index (κ1) is 9.00. The number of aromatic nitrogens is 2. The number of nitrogens with two attached hydrogens (primary N) is 1. The fourth-order valence-electron chi connectivity index (χ4n) is 1.19. The molecular formula is C9H15N3. The van der Waals surface area contributed by atoms with Crippen molar-refractivity contribution in [1.29, 1.82) is 0 Å². The third-order valence-electron chi connectivity index (χ3n) is 1.92. The molecule has 1 unspecified atom stereocenters. The molecule has 66 valence electrons.